The minimum absolute atomic E-state index is 0.607. The second kappa shape index (κ2) is 8.13. The first kappa shape index (κ1) is 26.3. The minimum atomic E-state index is -7.30. The molecule has 0 radical (unpaired) electrons. The van der Waals surface area contributed by atoms with Crippen LogP contribution in [0.25, 0.3) is 5.83 Å². The number of halogens is 11. The molecule has 190 valence electrons. The van der Waals surface area contributed by atoms with Gasteiger partial charge < -0.3 is 0 Å². The third-order valence-corrected chi connectivity index (χ3v) is 9.79. The summed E-state index contributed by atoms with van der Waals surface area (Å²) in [6.45, 7) is 0. The zero-order valence-corrected chi connectivity index (χ0v) is 17.5. The Bertz CT molecular complexity index is 1340. The van der Waals surface area contributed by atoms with Gasteiger partial charge >= 0.3 is 5.51 Å². The van der Waals surface area contributed by atoms with Crippen molar-refractivity contribution in [1.82, 2.24) is 0 Å². The average molecular weight is 549 g/mol. The van der Waals surface area contributed by atoms with Crippen LogP contribution in [0.15, 0.2) is 15.6 Å². The average Bonchev–Trinajstić information content (AvgIpc) is 3.16. The third-order valence-electron chi connectivity index (χ3n) is 5.11. The first-order valence-electron chi connectivity index (χ1n) is 8.76. The molecule has 0 heterocycles. The van der Waals surface area contributed by atoms with E-state index in [0.29, 0.717) is 0 Å². The molecule has 0 bridgehead atoms. The van der Waals surface area contributed by atoms with Gasteiger partial charge in [-0.2, -0.15) is 13.2 Å². The van der Waals surface area contributed by atoms with E-state index < -0.39 is 118 Å². The molecule has 2 aliphatic rings. The summed E-state index contributed by atoms with van der Waals surface area (Å²) in [4.78, 5) is 0. The molecule has 34 heavy (non-hydrogen) atoms. The van der Waals surface area contributed by atoms with E-state index in [1.807, 2.05) is 0 Å². The van der Waals surface area contributed by atoms with Crippen molar-refractivity contribution < 1.29 is 65.1 Å². The van der Waals surface area contributed by atoms with E-state index in [-0.39, 0.29) is 0 Å². The second-order valence-corrected chi connectivity index (χ2v) is 11.4. The van der Waals surface area contributed by atoms with Crippen molar-refractivity contribution in [3.8, 4) is 0 Å². The van der Waals surface area contributed by atoms with E-state index in [1.54, 1.807) is 0 Å². The van der Waals surface area contributed by atoms with Gasteiger partial charge in [0.15, 0.2) is 21.5 Å². The molecule has 1 aromatic rings. The molecular weight excluding hydrogens is 541 g/mol. The quantitative estimate of drug-likeness (QED) is 0.226. The first-order valence-corrected chi connectivity index (χ1v) is 11.8. The van der Waals surface area contributed by atoms with E-state index in [9.17, 15) is 60.7 Å². The largest absolute Gasteiger partial charge is 0.495 e. The van der Waals surface area contributed by atoms with Gasteiger partial charge in [0.1, 0.15) is 27.9 Å². The van der Waals surface area contributed by atoms with Gasteiger partial charge in [0.2, 0.25) is 0 Å². The zero-order chi connectivity index (χ0) is 26.1. The van der Waals surface area contributed by atoms with Crippen LogP contribution in [0, 0.1) is 29.4 Å². The minimum Gasteiger partial charge on any atom is -0.254 e. The van der Waals surface area contributed by atoms with Crippen molar-refractivity contribution in [3.05, 3.63) is 56.2 Å². The van der Waals surface area contributed by atoms with Crippen molar-refractivity contribution in [2.24, 2.45) is 0 Å². The summed E-state index contributed by atoms with van der Waals surface area (Å²) in [5.41, 5.74) is -14.1. The molecule has 0 amide bonds. The summed E-state index contributed by atoms with van der Waals surface area (Å²) in [7, 11) is -13.4. The molecule has 0 spiro atoms. The summed E-state index contributed by atoms with van der Waals surface area (Å²) in [5.74, 6) is -17.2. The number of hydrogen-bond donors (Lipinski definition) is 0. The van der Waals surface area contributed by atoms with Crippen LogP contribution >= 0.6 is 0 Å². The normalized spacial score (nSPS) is 23.4. The Balaban J connectivity index is 2.52. The van der Waals surface area contributed by atoms with Gasteiger partial charge in [0.05, 0.1) is 17.2 Å². The third kappa shape index (κ3) is 3.67. The molecule has 2 unspecified atom stereocenters. The molecular formula is C17H8F11O4S2-. The van der Waals surface area contributed by atoms with Gasteiger partial charge in [-0.3, -0.25) is 8.78 Å². The Kier molecular flexibility index (Phi) is 6.29. The fraction of sp³-hybridized carbons (Fsp3) is 0.353. The van der Waals surface area contributed by atoms with Crippen molar-refractivity contribution in [3.63, 3.8) is 0 Å². The number of hydrogen-bond acceptors (Lipinski definition) is 4. The molecule has 1 fully saturated rings. The van der Waals surface area contributed by atoms with Gasteiger partial charge in [0.25, 0.3) is 9.84 Å². The molecule has 1 aromatic carbocycles. The highest BCUT2D eigenvalue weighted by Gasteiger charge is 2.55. The van der Waals surface area contributed by atoms with Crippen LogP contribution in [0.5, 0.6) is 0 Å². The van der Waals surface area contributed by atoms with Crippen LogP contribution in [-0.4, -0.2) is 33.8 Å². The molecule has 3 rings (SSSR count). The monoisotopic (exact) mass is 549 g/mol. The van der Waals surface area contributed by atoms with Crippen LogP contribution in [0.2, 0.25) is 0 Å². The van der Waals surface area contributed by atoms with Crippen molar-refractivity contribution >= 4 is 25.5 Å². The maximum absolute atomic E-state index is 15.0. The molecule has 0 aromatic heterocycles. The Morgan fingerprint density at radius 1 is 0.824 bits per heavy atom. The van der Waals surface area contributed by atoms with E-state index >= 15 is 4.39 Å². The number of allylic oxidation sites excluding steroid dienone is 2. The van der Waals surface area contributed by atoms with Gasteiger partial charge in [-0.15, -0.1) is 0 Å². The lowest BCUT2D eigenvalue weighted by Gasteiger charge is -2.32. The van der Waals surface area contributed by atoms with Crippen LogP contribution in [0.3, 0.4) is 0 Å². The van der Waals surface area contributed by atoms with Crippen molar-refractivity contribution in [2.45, 2.75) is 36.2 Å². The topological polar surface area (TPSA) is 68.3 Å². The lowest BCUT2D eigenvalue weighted by molar-refractivity contribution is -0.0425. The molecule has 1 saturated carbocycles. The standard InChI is InChI=1S/C17H8F11O4S2/c18-4-1-2-5(3-4)33(29,30)16(34(31,32)17(26,27)28)8-9(19)6-7(10(20)13(8)23)12(22)15(25)14(24)11(6)21/h4-5H,1-3H2/q-1/b16-8+. The van der Waals surface area contributed by atoms with Gasteiger partial charge in [-0.05, 0) is 36.0 Å². The number of benzene rings is 1. The predicted octanol–water partition coefficient (Wildman–Crippen LogP) is 5.17. The number of sulfone groups is 2. The highest BCUT2D eigenvalue weighted by Crippen LogP contribution is 2.51. The maximum Gasteiger partial charge on any atom is 0.495 e. The predicted molar refractivity (Wildman–Crippen MR) is 92.3 cm³/mol. The molecule has 17 heteroatoms. The van der Waals surface area contributed by atoms with E-state index in [1.165, 1.54) is 0 Å². The SMILES string of the molecule is O=S(=O)(/C(=C1\C(F)=C(F)c2c(F)c(F)c(F)c(F)c2[C-]1F)S(=O)(=O)C(F)(F)F)C1CCC(F)C1. The summed E-state index contributed by atoms with van der Waals surface area (Å²) in [6.07, 6.45) is -7.49. The maximum atomic E-state index is 15.0. The molecule has 0 saturated heterocycles. The Morgan fingerprint density at radius 3 is 1.82 bits per heavy atom. The van der Waals surface area contributed by atoms with Gasteiger partial charge in [-0.1, -0.05) is 0 Å². The highest BCUT2D eigenvalue weighted by molar-refractivity contribution is 8.15. The second-order valence-electron chi connectivity index (χ2n) is 7.14. The lowest BCUT2D eigenvalue weighted by Crippen LogP contribution is -2.35. The highest BCUT2D eigenvalue weighted by atomic mass is 32.3. The van der Waals surface area contributed by atoms with E-state index in [0.717, 1.165) is 0 Å². The molecule has 2 aliphatic carbocycles. The summed E-state index contributed by atoms with van der Waals surface area (Å²) in [5, 5.41) is -2.29. The molecule has 0 aliphatic heterocycles. The summed E-state index contributed by atoms with van der Waals surface area (Å²) >= 11 is 0. The van der Waals surface area contributed by atoms with Crippen LogP contribution in [0.4, 0.5) is 48.3 Å². The van der Waals surface area contributed by atoms with Crippen LogP contribution in [0.1, 0.15) is 30.4 Å². The smallest absolute Gasteiger partial charge is 0.254 e. The lowest BCUT2D eigenvalue weighted by atomic mass is 9.89. The Morgan fingerprint density at radius 2 is 1.35 bits per heavy atom. The number of fused-ring (bicyclic) bond motifs is 1. The Labute approximate surface area is 183 Å². The Hall–Kier alpha value is -2.30. The van der Waals surface area contributed by atoms with Crippen molar-refractivity contribution in [2.75, 3.05) is 0 Å². The van der Waals surface area contributed by atoms with E-state index in [2.05, 4.69) is 0 Å². The molecule has 0 N–H and O–H groups in total. The van der Waals surface area contributed by atoms with Gasteiger partial charge in [-0.25, -0.2) is 43.2 Å². The molecule has 2 atom stereocenters. The first-order chi connectivity index (χ1) is 15.4. The summed E-state index contributed by atoms with van der Waals surface area (Å²) < 4.78 is 199. The zero-order valence-electron chi connectivity index (χ0n) is 15.9. The summed E-state index contributed by atoms with van der Waals surface area (Å²) in [6, 6.07) is 0. The van der Waals surface area contributed by atoms with Crippen LogP contribution in [-0.2, 0) is 19.7 Å². The van der Waals surface area contributed by atoms with Crippen LogP contribution < -0.4 is 0 Å². The fourth-order valence-corrected chi connectivity index (χ4v) is 7.77. The van der Waals surface area contributed by atoms with E-state index in [4.69, 9.17) is 0 Å². The number of rotatable bonds is 3. The van der Waals surface area contributed by atoms with Gasteiger partial charge in [0, 0.05) is 0 Å². The number of alkyl halides is 4. The fourth-order valence-electron chi connectivity index (χ4n) is 3.52. The molecule has 4 nitrogen and oxygen atoms in total. The van der Waals surface area contributed by atoms with Crippen molar-refractivity contribution in [1.29, 1.82) is 0 Å².